The van der Waals surface area contributed by atoms with Crippen LogP contribution in [0.25, 0.3) is 0 Å². The molecular formula is C106H152O35S2. The zero-order chi connectivity index (χ0) is 104. The van der Waals surface area contributed by atoms with E-state index in [4.69, 9.17) is 69.9 Å². The van der Waals surface area contributed by atoms with Crippen LogP contribution in [0.5, 0.6) is 0 Å². The highest BCUT2D eigenvalue weighted by atomic mass is 32.2. The number of carbonyl (C=O) groups is 14. The van der Waals surface area contributed by atoms with E-state index in [-0.39, 0.29) is 110 Å². The van der Waals surface area contributed by atoms with Crippen LogP contribution in [0.4, 0.5) is 0 Å². The van der Waals surface area contributed by atoms with Crippen LogP contribution < -0.4 is 0 Å². The summed E-state index contributed by atoms with van der Waals surface area (Å²) >= 11 is 0. The molecule has 20 aliphatic carbocycles. The van der Waals surface area contributed by atoms with Crippen molar-refractivity contribution in [3.05, 3.63) is 48.6 Å². The lowest BCUT2D eigenvalue weighted by molar-refractivity contribution is -0.217. The lowest BCUT2D eigenvalue weighted by atomic mass is 9.49. The van der Waals surface area contributed by atoms with Crippen LogP contribution in [-0.2, 0) is 162 Å². The van der Waals surface area contributed by atoms with Crippen LogP contribution in [0, 0.1) is 117 Å². The highest BCUT2D eigenvalue weighted by Crippen LogP contribution is 2.65. The van der Waals surface area contributed by atoms with Gasteiger partial charge in [0.1, 0.15) is 73.2 Å². The van der Waals surface area contributed by atoms with Gasteiger partial charge in [-0.05, 0) is 325 Å². The molecule has 20 bridgehead atoms. The third-order valence-corrected chi connectivity index (χ3v) is 38.6. The molecule has 2 aliphatic heterocycles. The molecule has 20 saturated carbocycles. The van der Waals surface area contributed by atoms with Crippen LogP contribution in [0.2, 0.25) is 0 Å². The molecule has 22 aliphatic rings. The Morgan fingerprint density at radius 3 is 1.03 bits per heavy atom. The second-order valence-electron chi connectivity index (χ2n) is 46.4. The normalized spacial score (nSPS) is 36.3. The number of carbonyl (C=O) groups excluding carboxylic acids is 14. The van der Waals surface area contributed by atoms with Gasteiger partial charge in [-0.2, -0.15) is 16.8 Å². The third kappa shape index (κ3) is 26.2. The van der Waals surface area contributed by atoms with Crippen molar-refractivity contribution in [1.29, 1.82) is 0 Å². The third-order valence-electron chi connectivity index (χ3n) is 35.0. The van der Waals surface area contributed by atoms with Gasteiger partial charge in [-0.25, -0.2) is 38.4 Å². The van der Waals surface area contributed by atoms with E-state index in [0.29, 0.717) is 103 Å². The highest BCUT2D eigenvalue weighted by molar-refractivity contribution is 7.88. The van der Waals surface area contributed by atoms with E-state index in [9.17, 15) is 89.1 Å². The molecule has 22 rings (SSSR count). The zero-order valence-electron chi connectivity index (χ0n) is 85.6. The minimum Gasteiger partial charge on any atom is -0.462 e. The minimum absolute atomic E-state index is 0.00904. The molecule has 35 nitrogen and oxygen atoms in total. The average molecular weight is 2050 g/mol. The number of fused-ring (bicyclic) bond motifs is 2. The lowest BCUT2D eigenvalue weighted by Crippen LogP contribution is -2.60. The second kappa shape index (κ2) is 45.2. The summed E-state index contributed by atoms with van der Waals surface area (Å²) in [7, 11) is -7.11. The molecule has 0 aromatic heterocycles. The van der Waals surface area contributed by atoms with Crippen molar-refractivity contribution in [2.75, 3.05) is 52.9 Å². The SMILES string of the molecule is C=C(C)C(=O)OC1(CC)C2CC3CC(C2)CC1C3.C=C(C)C(=O)OC12CC3CC(CC(O)(C3)C1)C2.C=C(C)C(=O)OCC(=O)OCC(=O)OC1(C)C2CC3CC(C2)CC1C3.C=C(C)C(=O)OCCOC(=O)CCC(=O)OC1C2CC3C1OS(=O)(=O)C3C2.CCC(C)(C)C(=O)OCC(=O)OCC(=O)OC1(C)C2CC3CC(C2)CC1C3.CCC(C)(C)C(=O)OCCOC(=O)CCC(=O)OC1C2CC3C1OS(=O)(=O)C3C2. The predicted molar refractivity (Wildman–Crippen MR) is 509 cm³/mol. The first kappa shape index (κ1) is 112. The summed E-state index contributed by atoms with van der Waals surface area (Å²) in [5.74, 6) is 1.26. The maximum atomic E-state index is 12.3. The Labute approximate surface area is 840 Å². The summed E-state index contributed by atoms with van der Waals surface area (Å²) in [5.41, 5.74) is -1.81. The van der Waals surface area contributed by atoms with Crippen molar-refractivity contribution < 1.29 is 164 Å². The first-order valence-corrected chi connectivity index (χ1v) is 54.8. The molecular weight excluding hydrogens is 1900 g/mol. The van der Waals surface area contributed by atoms with Gasteiger partial charge in [0.15, 0.2) is 26.4 Å². The largest absolute Gasteiger partial charge is 0.462 e. The van der Waals surface area contributed by atoms with Gasteiger partial charge in [0, 0.05) is 52.4 Å². The van der Waals surface area contributed by atoms with Gasteiger partial charge in [-0.3, -0.25) is 37.1 Å². The fourth-order valence-electron chi connectivity index (χ4n) is 27.9. The number of ether oxygens (including phenoxy) is 14. The van der Waals surface area contributed by atoms with Gasteiger partial charge in [0.2, 0.25) is 0 Å². The average Bonchev–Trinajstić information content (AvgIpc) is 1.45. The molecule has 2 saturated heterocycles. The Morgan fingerprint density at radius 1 is 0.350 bits per heavy atom. The fourth-order valence-corrected chi connectivity index (χ4v) is 31.7. The maximum absolute atomic E-state index is 12.3. The zero-order valence-corrected chi connectivity index (χ0v) is 87.2. The van der Waals surface area contributed by atoms with E-state index in [1.54, 1.807) is 41.5 Å². The van der Waals surface area contributed by atoms with Crippen LogP contribution in [-0.4, -0.2) is 221 Å². The van der Waals surface area contributed by atoms with E-state index in [1.807, 2.05) is 20.8 Å². The highest BCUT2D eigenvalue weighted by Gasteiger charge is 2.68. The number of esters is 14. The summed E-state index contributed by atoms with van der Waals surface area (Å²) in [6, 6.07) is 0. The molecule has 12 atom stereocenters. The molecule has 2 heterocycles. The van der Waals surface area contributed by atoms with E-state index < -0.39 is 180 Å². The number of rotatable bonds is 35. The summed E-state index contributed by atoms with van der Waals surface area (Å²) in [6.45, 7) is 35.5. The van der Waals surface area contributed by atoms with Gasteiger partial charge >= 0.3 is 83.6 Å². The summed E-state index contributed by atoms with van der Waals surface area (Å²) < 4.78 is 131. The number of aliphatic hydroxyl groups is 1. The van der Waals surface area contributed by atoms with E-state index in [0.717, 1.165) is 119 Å². The number of hydrogen-bond donors (Lipinski definition) is 1. The van der Waals surface area contributed by atoms with Gasteiger partial charge in [-0.15, -0.1) is 0 Å². The monoisotopic (exact) mass is 2050 g/mol. The smallest absolute Gasteiger partial charge is 0.344 e. The van der Waals surface area contributed by atoms with Crippen molar-refractivity contribution in [1.82, 2.24) is 0 Å². The summed E-state index contributed by atoms with van der Waals surface area (Å²) in [5, 5.41) is 9.56. The van der Waals surface area contributed by atoms with Gasteiger partial charge in [0.05, 0.1) is 52.6 Å². The van der Waals surface area contributed by atoms with Gasteiger partial charge in [0.25, 0.3) is 20.2 Å². The number of hydrogen-bond acceptors (Lipinski definition) is 35. The first-order valence-electron chi connectivity index (χ1n) is 51.9. The minimum atomic E-state index is -3.56. The Bertz CT molecular complexity index is 4980. The molecule has 798 valence electrons. The predicted octanol–water partition coefficient (Wildman–Crippen LogP) is 13.4. The van der Waals surface area contributed by atoms with Crippen molar-refractivity contribution in [3.63, 3.8) is 0 Å². The molecule has 0 spiro atoms. The molecule has 143 heavy (non-hydrogen) atoms. The van der Waals surface area contributed by atoms with E-state index in [2.05, 4.69) is 44.9 Å². The van der Waals surface area contributed by atoms with E-state index >= 15 is 0 Å². The van der Waals surface area contributed by atoms with Gasteiger partial charge in [-0.1, -0.05) is 47.1 Å². The second-order valence-corrected chi connectivity index (χ2v) is 49.9. The van der Waals surface area contributed by atoms with Crippen LogP contribution >= 0.6 is 0 Å². The van der Waals surface area contributed by atoms with Crippen molar-refractivity contribution in [2.45, 2.75) is 358 Å². The van der Waals surface area contributed by atoms with Crippen molar-refractivity contribution in [2.24, 2.45) is 117 Å². The Kier molecular flexibility index (Phi) is 35.2. The molecule has 0 amide bonds. The molecule has 0 aromatic rings. The molecule has 0 radical (unpaired) electrons. The van der Waals surface area contributed by atoms with Crippen LogP contribution in [0.1, 0.15) is 295 Å². The molecule has 22 fully saturated rings. The summed E-state index contributed by atoms with van der Waals surface area (Å²) in [6.07, 6.45) is 25.3. The van der Waals surface area contributed by atoms with Crippen molar-refractivity contribution in [3.8, 4) is 0 Å². The quantitative estimate of drug-likeness (QED) is 0.0202. The molecule has 0 aromatic carbocycles. The first-order chi connectivity index (χ1) is 67.1. The standard InChI is InChI=1S/C21H32O6.C19H28O9S.C19H26O6.C17H22O9S.C16H24O2.C14H20O3/c1-5-20(2,3)19(24)26-11-17(22)25-12-18(23)27-21(4)15-7-13-6-14(9-15)10-16(21)8-13;1-4-19(2,3)18(22)26-8-7-25-14(20)5-6-15(21)27-16-11-9-12-13(10-11)29(23,24)28-17(12)16;1-11(2)18(22)24-9-16(20)23-10-17(21)25-19(3)14-5-12-4-13(7-14)8-15(19)6-12;1-9(2)17(20)24-6-5-23-13(18)3-4-14(19)25-15-10-7-11-12(8-10)27(21,22)26-16(11)15;1-4-16(18-15(17)10(2)3)13-6-11-5-12(8-13)9-14(16)7-11;1-9(2)12(15)17-14-6-10-3-11(7-14)5-13(16,4-10)8-14/h13-16H,5-12H2,1-4H3;11-13,16-17H,4-10H2,1-3H3;12-15H,1,4-10H2,2-3H3;10-12,15-16H,1,3-8H2,2H3;11-14H,2,4-9H2,1,3H3;10-11,16H,1,3-8H2,2H3. The van der Waals surface area contributed by atoms with Crippen molar-refractivity contribution >= 4 is 104 Å². The Balaban J connectivity index is 0.000000145. The maximum Gasteiger partial charge on any atom is 0.344 e. The Morgan fingerprint density at radius 2 is 0.671 bits per heavy atom. The summed E-state index contributed by atoms with van der Waals surface area (Å²) in [4.78, 5) is 165. The van der Waals surface area contributed by atoms with Crippen LogP contribution in [0.15, 0.2) is 48.6 Å². The molecule has 1 N–H and O–H groups in total. The van der Waals surface area contributed by atoms with E-state index in [1.165, 1.54) is 65.2 Å². The molecule has 37 heteroatoms. The van der Waals surface area contributed by atoms with Crippen LogP contribution in [0.3, 0.4) is 0 Å². The van der Waals surface area contributed by atoms with Gasteiger partial charge < -0.3 is 71.4 Å². The fraction of sp³-hybridized carbons (Fsp3) is 0.792. The lowest BCUT2D eigenvalue weighted by Gasteiger charge is -2.60. The topological polar surface area (TPSA) is 475 Å². The molecule has 12 unspecified atom stereocenters. The Hall–Kier alpha value is -8.68.